The zero-order valence-electron chi connectivity index (χ0n) is 15.4. The zero-order chi connectivity index (χ0) is 16.7. The minimum Gasteiger partial charge on any atom is -0.378 e. The molecular formula is C19H34N2O2. The molecule has 23 heavy (non-hydrogen) atoms. The molecule has 1 spiro atoms. The average Bonchev–Trinajstić information content (AvgIpc) is 3.22. The number of piperidine rings is 1. The monoisotopic (exact) mass is 322 g/mol. The van der Waals surface area contributed by atoms with E-state index in [0.29, 0.717) is 23.5 Å². The van der Waals surface area contributed by atoms with E-state index in [1.807, 2.05) is 7.05 Å². The van der Waals surface area contributed by atoms with Crippen molar-refractivity contribution < 1.29 is 9.53 Å². The third-order valence-corrected chi connectivity index (χ3v) is 6.85. The van der Waals surface area contributed by atoms with Crippen molar-refractivity contribution in [2.45, 2.75) is 71.4 Å². The van der Waals surface area contributed by atoms with Crippen LogP contribution in [0, 0.1) is 16.7 Å². The van der Waals surface area contributed by atoms with Gasteiger partial charge in [0.05, 0.1) is 6.10 Å². The van der Waals surface area contributed by atoms with Crippen molar-refractivity contribution in [3.05, 3.63) is 0 Å². The summed E-state index contributed by atoms with van der Waals surface area (Å²) in [5, 5.41) is 3.42. The Hall–Kier alpha value is -0.610. The Morgan fingerprint density at radius 2 is 2.00 bits per heavy atom. The third-order valence-electron chi connectivity index (χ3n) is 6.85. The number of hydrogen-bond acceptors (Lipinski definition) is 3. The van der Waals surface area contributed by atoms with E-state index in [-0.39, 0.29) is 11.3 Å². The van der Waals surface area contributed by atoms with Crippen molar-refractivity contribution in [1.82, 2.24) is 10.2 Å². The molecule has 3 fully saturated rings. The van der Waals surface area contributed by atoms with Crippen molar-refractivity contribution in [2.24, 2.45) is 16.7 Å². The van der Waals surface area contributed by atoms with Gasteiger partial charge in [0.2, 0.25) is 5.91 Å². The maximum atomic E-state index is 12.9. The van der Waals surface area contributed by atoms with Gasteiger partial charge in [-0.25, -0.2) is 0 Å². The molecule has 0 aromatic rings. The number of rotatable bonds is 6. The first-order valence-corrected chi connectivity index (χ1v) is 9.51. The summed E-state index contributed by atoms with van der Waals surface area (Å²) in [5.41, 5.74) is 0.413. The predicted octanol–water partition coefficient (Wildman–Crippen LogP) is 2.82. The molecule has 1 amide bonds. The molecule has 1 aliphatic heterocycles. The van der Waals surface area contributed by atoms with Crippen LogP contribution in [0.5, 0.6) is 0 Å². The highest BCUT2D eigenvalue weighted by atomic mass is 16.5. The number of carbonyl (C=O) groups excluding carboxylic acids is 1. The lowest BCUT2D eigenvalue weighted by Gasteiger charge is -2.55. The Labute approximate surface area is 141 Å². The molecule has 0 bridgehead atoms. The van der Waals surface area contributed by atoms with Gasteiger partial charge in [-0.1, -0.05) is 27.2 Å². The number of unbranched alkanes of at least 4 members (excludes halogenated alkanes) is 1. The Balaban J connectivity index is 1.53. The van der Waals surface area contributed by atoms with Gasteiger partial charge < -0.3 is 15.0 Å². The number of ether oxygens (including phenoxy) is 1. The minimum atomic E-state index is 0.0777. The predicted molar refractivity (Wildman–Crippen MR) is 92.2 cm³/mol. The topological polar surface area (TPSA) is 41.6 Å². The van der Waals surface area contributed by atoms with Gasteiger partial charge in [-0.05, 0) is 50.6 Å². The number of nitrogens with one attached hydrogen (secondary N) is 1. The second-order valence-corrected chi connectivity index (χ2v) is 8.60. The molecule has 1 N–H and O–H groups in total. The summed E-state index contributed by atoms with van der Waals surface area (Å²) < 4.78 is 6.03. The molecule has 3 aliphatic rings. The molecule has 1 saturated heterocycles. The summed E-state index contributed by atoms with van der Waals surface area (Å²) in [4.78, 5) is 15.0. The van der Waals surface area contributed by atoms with Gasteiger partial charge in [-0.15, -0.1) is 0 Å². The standard InChI is InChI=1S/C19H34N2O2/c1-5-6-11-23-16-12-15(18(16,2)3)21(4)17(22)14-13-19(14)7-9-20-10-8-19/h14-16,20H,5-13H2,1-4H3. The van der Waals surface area contributed by atoms with Gasteiger partial charge in [0.15, 0.2) is 0 Å². The summed E-state index contributed by atoms with van der Waals surface area (Å²) in [7, 11) is 2.02. The maximum absolute atomic E-state index is 12.9. The van der Waals surface area contributed by atoms with Crippen LogP contribution in [0.1, 0.15) is 59.3 Å². The van der Waals surface area contributed by atoms with Crippen LogP contribution in [0.25, 0.3) is 0 Å². The Bertz CT molecular complexity index is 443. The van der Waals surface area contributed by atoms with Crippen LogP contribution in [-0.4, -0.2) is 49.7 Å². The molecule has 0 aromatic heterocycles. The lowest BCUT2D eigenvalue weighted by molar-refractivity contribution is -0.166. The lowest BCUT2D eigenvalue weighted by atomic mass is 9.63. The van der Waals surface area contributed by atoms with Crippen molar-refractivity contribution >= 4 is 5.91 Å². The van der Waals surface area contributed by atoms with Crippen LogP contribution in [0.4, 0.5) is 0 Å². The van der Waals surface area contributed by atoms with Gasteiger partial charge in [0.25, 0.3) is 0 Å². The Morgan fingerprint density at radius 3 is 2.61 bits per heavy atom. The average molecular weight is 322 g/mol. The van der Waals surface area contributed by atoms with E-state index in [1.165, 1.54) is 19.3 Å². The number of amides is 1. The Morgan fingerprint density at radius 1 is 1.30 bits per heavy atom. The van der Waals surface area contributed by atoms with Crippen molar-refractivity contribution in [3.8, 4) is 0 Å². The van der Waals surface area contributed by atoms with Crippen LogP contribution in [0.3, 0.4) is 0 Å². The SMILES string of the molecule is CCCCOC1CC(N(C)C(=O)C2CC23CCNCC3)C1(C)C. The molecular weight excluding hydrogens is 288 g/mol. The third kappa shape index (κ3) is 3.05. The highest BCUT2D eigenvalue weighted by molar-refractivity contribution is 5.83. The summed E-state index contributed by atoms with van der Waals surface area (Å²) in [6.07, 6.45) is 7.07. The van der Waals surface area contributed by atoms with E-state index in [0.717, 1.165) is 39.0 Å². The molecule has 4 heteroatoms. The van der Waals surface area contributed by atoms with Gasteiger partial charge >= 0.3 is 0 Å². The number of hydrogen-bond donors (Lipinski definition) is 1. The largest absolute Gasteiger partial charge is 0.378 e. The minimum absolute atomic E-state index is 0.0777. The van der Waals surface area contributed by atoms with Gasteiger partial charge in [0.1, 0.15) is 0 Å². The van der Waals surface area contributed by atoms with Crippen LogP contribution in [0.15, 0.2) is 0 Å². The molecule has 0 radical (unpaired) electrons. The molecule has 2 aliphatic carbocycles. The van der Waals surface area contributed by atoms with Crippen molar-refractivity contribution in [2.75, 3.05) is 26.7 Å². The van der Waals surface area contributed by atoms with E-state index in [2.05, 4.69) is 31.0 Å². The van der Waals surface area contributed by atoms with Crippen molar-refractivity contribution in [3.63, 3.8) is 0 Å². The normalized spacial score (nSPS) is 34.0. The summed E-state index contributed by atoms with van der Waals surface area (Å²) in [6, 6.07) is 0.334. The maximum Gasteiger partial charge on any atom is 0.226 e. The van der Waals surface area contributed by atoms with Crippen LogP contribution in [0.2, 0.25) is 0 Å². The molecule has 2 saturated carbocycles. The fourth-order valence-corrected chi connectivity index (χ4v) is 4.75. The molecule has 3 atom stereocenters. The first kappa shape index (κ1) is 17.2. The van der Waals surface area contributed by atoms with E-state index >= 15 is 0 Å². The summed E-state index contributed by atoms with van der Waals surface area (Å²) in [6.45, 7) is 9.72. The molecule has 4 nitrogen and oxygen atoms in total. The van der Waals surface area contributed by atoms with Gasteiger partial charge in [-0.3, -0.25) is 4.79 Å². The first-order valence-electron chi connectivity index (χ1n) is 9.51. The summed E-state index contributed by atoms with van der Waals surface area (Å²) in [5.74, 6) is 0.669. The second-order valence-electron chi connectivity index (χ2n) is 8.60. The molecule has 132 valence electrons. The quantitative estimate of drug-likeness (QED) is 0.765. The highest BCUT2D eigenvalue weighted by Gasteiger charge is 2.60. The smallest absolute Gasteiger partial charge is 0.226 e. The van der Waals surface area contributed by atoms with Crippen molar-refractivity contribution in [1.29, 1.82) is 0 Å². The van der Waals surface area contributed by atoms with Crippen LogP contribution < -0.4 is 5.32 Å². The fourth-order valence-electron chi connectivity index (χ4n) is 4.75. The fraction of sp³-hybridized carbons (Fsp3) is 0.947. The second kappa shape index (κ2) is 6.36. The first-order chi connectivity index (χ1) is 10.9. The number of nitrogens with zero attached hydrogens (tertiary/aromatic N) is 1. The van der Waals surface area contributed by atoms with Gasteiger partial charge in [-0.2, -0.15) is 0 Å². The zero-order valence-corrected chi connectivity index (χ0v) is 15.4. The van der Waals surface area contributed by atoms with Gasteiger partial charge in [0, 0.05) is 31.0 Å². The number of carbonyl (C=O) groups is 1. The summed E-state index contributed by atoms with van der Waals surface area (Å²) >= 11 is 0. The highest BCUT2D eigenvalue weighted by Crippen LogP contribution is 2.60. The van der Waals surface area contributed by atoms with E-state index in [1.54, 1.807) is 0 Å². The lowest BCUT2D eigenvalue weighted by Crippen LogP contribution is -2.62. The van der Waals surface area contributed by atoms with Crippen LogP contribution >= 0.6 is 0 Å². The van der Waals surface area contributed by atoms with E-state index in [4.69, 9.17) is 4.74 Å². The van der Waals surface area contributed by atoms with E-state index < -0.39 is 0 Å². The van der Waals surface area contributed by atoms with E-state index in [9.17, 15) is 4.79 Å². The molecule has 3 rings (SSSR count). The Kier molecular flexibility index (Phi) is 4.76. The molecule has 1 heterocycles. The van der Waals surface area contributed by atoms with Crippen LogP contribution in [-0.2, 0) is 9.53 Å². The molecule has 3 unspecified atom stereocenters. The molecule has 0 aromatic carbocycles.